The zero-order valence-electron chi connectivity index (χ0n) is 9.41. The minimum atomic E-state index is -0.442. The maximum Gasteiger partial charge on any atom is 0.269 e. The number of hydrogen-bond donors (Lipinski definition) is 1. The van der Waals surface area contributed by atoms with Gasteiger partial charge in [0.25, 0.3) is 5.91 Å². The van der Waals surface area contributed by atoms with Crippen LogP contribution in [0, 0.1) is 0 Å². The Labute approximate surface area is 94.6 Å². The lowest BCUT2D eigenvalue weighted by Gasteiger charge is -2.28. The van der Waals surface area contributed by atoms with Crippen molar-refractivity contribution < 1.29 is 4.79 Å². The molecule has 0 saturated heterocycles. The number of hydrogen-bond acceptors (Lipinski definition) is 2. The Kier molecular flexibility index (Phi) is 3.39. The summed E-state index contributed by atoms with van der Waals surface area (Å²) in [5, 5.41) is 6.66. The minimum absolute atomic E-state index is 0.144. The summed E-state index contributed by atoms with van der Waals surface area (Å²) < 4.78 is 1.53. The van der Waals surface area contributed by atoms with Gasteiger partial charge < -0.3 is 5.32 Å². The van der Waals surface area contributed by atoms with Crippen molar-refractivity contribution in [3.05, 3.63) is 18.0 Å². The van der Waals surface area contributed by atoms with Crippen LogP contribution in [0.4, 0.5) is 0 Å². The van der Waals surface area contributed by atoms with Gasteiger partial charge in [-0.25, -0.2) is 0 Å². The third-order valence-corrected chi connectivity index (χ3v) is 3.03. The minimum Gasteiger partial charge on any atom is -0.344 e. The normalized spacial score (nSPS) is 13.7. The molecule has 0 aliphatic rings. The second-order valence-electron chi connectivity index (χ2n) is 4.13. The molecule has 0 fully saturated rings. The molecule has 0 spiro atoms. The standard InChI is InChI=1S/C10H16ClN3O/c1-7(11)10(2,3)13-9(15)8-5-6-12-14(8)4/h5-7H,1-4H3,(H,13,15). The molecule has 5 heteroatoms. The van der Waals surface area contributed by atoms with Gasteiger partial charge in [-0.1, -0.05) is 0 Å². The molecule has 1 atom stereocenters. The second kappa shape index (κ2) is 4.23. The number of carbonyl (C=O) groups excluding carboxylic acids is 1. The molecule has 0 radical (unpaired) electrons. The first-order valence-electron chi connectivity index (χ1n) is 4.79. The van der Waals surface area contributed by atoms with Crippen molar-refractivity contribution in [2.45, 2.75) is 31.7 Å². The molecule has 1 heterocycles. The molecule has 0 saturated carbocycles. The van der Waals surface area contributed by atoms with Crippen LogP contribution in [0.3, 0.4) is 0 Å². The van der Waals surface area contributed by atoms with Crippen LogP contribution in [0.25, 0.3) is 0 Å². The molecule has 1 amide bonds. The molecule has 0 aliphatic carbocycles. The molecule has 1 aromatic heterocycles. The van der Waals surface area contributed by atoms with E-state index in [-0.39, 0.29) is 11.3 Å². The van der Waals surface area contributed by atoms with Crippen molar-refractivity contribution >= 4 is 17.5 Å². The van der Waals surface area contributed by atoms with Gasteiger partial charge in [0.1, 0.15) is 5.69 Å². The summed E-state index contributed by atoms with van der Waals surface area (Å²) >= 11 is 5.98. The van der Waals surface area contributed by atoms with Crippen molar-refractivity contribution in [2.24, 2.45) is 7.05 Å². The Morgan fingerprint density at radius 3 is 2.67 bits per heavy atom. The third-order valence-electron chi connectivity index (χ3n) is 2.48. The SMILES string of the molecule is CC(Cl)C(C)(C)NC(=O)c1ccnn1C. The monoisotopic (exact) mass is 229 g/mol. The maximum absolute atomic E-state index is 11.8. The Balaban J connectivity index is 2.77. The Morgan fingerprint density at radius 1 is 1.67 bits per heavy atom. The van der Waals surface area contributed by atoms with E-state index in [1.54, 1.807) is 19.3 Å². The van der Waals surface area contributed by atoms with Crippen LogP contribution in [-0.2, 0) is 7.05 Å². The number of aromatic nitrogens is 2. The molecule has 1 N–H and O–H groups in total. The van der Waals surface area contributed by atoms with Crippen molar-refractivity contribution in [3.8, 4) is 0 Å². The van der Waals surface area contributed by atoms with Crippen molar-refractivity contribution in [1.29, 1.82) is 0 Å². The highest BCUT2D eigenvalue weighted by Gasteiger charge is 2.27. The van der Waals surface area contributed by atoms with Crippen molar-refractivity contribution in [3.63, 3.8) is 0 Å². The fourth-order valence-corrected chi connectivity index (χ4v) is 1.11. The number of amides is 1. The second-order valence-corrected chi connectivity index (χ2v) is 4.79. The summed E-state index contributed by atoms with van der Waals surface area (Å²) in [6.45, 7) is 5.63. The van der Waals surface area contributed by atoms with E-state index in [1.165, 1.54) is 4.68 Å². The number of halogens is 1. The molecule has 0 aromatic carbocycles. The first-order chi connectivity index (χ1) is 6.84. The molecule has 4 nitrogen and oxygen atoms in total. The molecule has 1 unspecified atom stereocenters. The van der Waals surface area contributed by atoms with Crippen LogP contribution in [0.15, 0.2) is 12.3 Å². The fourth-order valence-electron chi connectivity index (χ4n) is 1.05. The highest BCUT2D eigenvalue weighted by atomic mass is 35.5. The highest BCUT2D eigenvalue weighted by molar-refractivity contribution is 6.21. The maximum atomic E-state index is 11.8. The predicted octanol–water partition coefficient (Wildman–Crippen LogP) is 1.56. The number of carbonyl (C=O) groups is 1. The van der Waals surface area contributed by atoms with Gasteiger partial charge in [-0.15, -0.1) is 11.6 Å². The molecule has 84 valence electrons. The van der Waals surface area contributed by atoms with E-state index in [4.69, 9.17) is 11.6 Å². The number of rotatable bonds is 3. The van der Waals surface area contributed by atoms with E-state index < -0.39 is 5.54 Å². The van der Waals surface area contributed by atoms with E-state index in [1.807, 2.05) is 20.8 Å². The first kappa shape index (κ1) is 12.0. The zero-order valence-corrected chi connectivity index (χ0v) is 10.2. The largest absolute Gasteiger partial charge is 0.344 e. The predicted molar refractivity (Wildman–Crippen MR) is 60.1 cm³/mol. The summed E-state index contributed by atoms with van der Waals surface area (Å²) in [7, 11) is 1.73. The average molecular weight is 230 g/mol. The quantitative estimate of drug-likeness (QED) is 0.800. The van der Waals surface area contributed by atoms with Crippen LogP contribution < -0.4 is 5.32 Å². The lowest BCUT2D eigenvalue weighted by molar-refractivity contribution is 0.0903. The number of aryl methyl sites for hydroxylation is 1. The van der Waals surface area contributed by atoms with Gasteiger partial charge in [-0.3, -0.25) is 9.48 Å². The first-order valence-corrected chi connectivity index (χ1v) is 5.23. The van der Waals surface area contributed by atoms with Gasteiger partial charge in [-0.2, -0.15) is 5.10 Å². The molecular weight excluding hydrogens is 214 g/mol. The summed E-state index contributed by atoms with van der Waals surface area (Å²) in [5.41, 5.74) is 0.0866. The van der Waals surface area contributed by atoms with Gasteiger partial charge in [0, 0.05) is 13.2 Å². The van der Waals surface area contributed by atoms with Gasteiger partial charge in [0.15, 0.2) is 0 Å². The molecule has 15 heavy (non-hydrogen) atoms. The summed E-state index contributed by atoms with van der Waals surface area (Å²) in [5.74, 6) is -0.160. The number of nitrogens with zero attached hydrogens (tertiary/aromatic N) is 2. The van der Waals surface area contributed by atoms with Crippen LogP contribution in [-0.4, -0.2) is 26.6 Å². The Hall–Kier alpha value is -1.03. The number of alkyl halides is 1. The Bertz CT molecular complexity index is 357. The third kappa shape index (κ3) is 2.72. The summed E-state index contributed by atoms with van der Waals surface area (Å²) in [6, 6.07) is 1.67. The smallest absolute Gasteiger partial charge is 0.269 e. The van der Waals surface area contributed by atoms with E-state index in [0.717, 1.165) is 0 Å². The lowest BCUT2D eigenvalue weighted by Crippen LogP contribution is -2.49. The van der Waals surface area contributed by atoms with Gasteiger partial charge in [-0.05, 0) is 26.8 Å². The van der Waals surface area contributed by atoms with Gasteiger partial charge in [0.2, 0.25) is 0 Å². The van der Waals surface area contributed by atoms with E-state index in [9.17, 15) is 4.79 Å². The van der Waals surface area contributed by atoms with E-state index in [2.05, 4.69) is 10.4 Å². The lowest BCUT2D eigenvalue weighted by atomic mass is 10.0. The van der Waals surface area contributed by atoms with Crippen molar-refractivity contribution in [1.82, 2.24) is 15.1 Å². The van der Waals surface area contributed by atoms with Gasteiger partial charge in [0.05, 0.1) is 10.9 Å². The molecule has 0 bridgehead atoms. The summed E-state index contributed by atoms with van der Waals surface area (Å²) in [6.07, 6.45) is 1.59. The van der Waals surface area contributed by atoms with Crippen molar-refractivity contribution in [2.75, 3.05) is 0 Å². The van der Waals surface area contributed by atoms with Crippen LogP contribution in [0.5, 0.6) is 0 Å². The Morgan fingerprint density at radius 2 is 2.27 bits per heavy atom. The highest BCUT2D eigenvalue weighted by Crippen LogP contribution is 2.15. The van der Waals surface area contributed by atoms with Gasteiger partial charge >= 0.3 is 0 Å². The topological polar surface area (TPSA) is 46.9 Å². The van der Waals surface area contributed by atoms with Crippen LogP contribution in [0.1, 0.15) is 31.3 Å². The summed E-state index contributed by atoms with van der Waals surface area (Å²) in [4.78, 5) is 11.8. The molecule has 0 aliphatic heterocycles. The van der Waals surface area contributed by atoms with Crippen LogP contribution >= 0.6 is 11.6 Å². The van der Waals surface area contributed by atoms with Crippen LogP contribution in [0.2, 0.25) is 0 Å². The van der Waals surface area contributed by atoms with E-state index in [0.29, 0.717) is 5.69 Å². The fraction of sp³-hybridized carbons (Fsp3) is 0.600. The van der Waals surface area contributed by atoms with E-state index >= 15 is 0 Å². The average Bonchev–Trinajstić information content (AvgIpc) is 2.50. The molecular formula is C10H16ClN3O. The number of nitrogens with one attached hydrogen (secondary N) is 1. The molecule has 1 aromatic rings. The zero-order chi connectivity index (χ0) is 11.6. The molecule has 1 rings (SSSR count).